The number of hydrogen-bond donors (Lipinski definition) is 1. The van der Waals surface area contributed by atoms with Crippen molar-refractivity contribution in [2.45, 2.75) is 18.4 Å². The first kappa shape index (κ1) is 5.69. The molecule has 1 aliphatic carbocycles. The summed E-state index contributed by atoms with van der Waals surface area (Å²) in [5.74, 6) is 0.942. The largest absolute Gasteiger partial charge is 0.383 e. The molecule has 0 bridgehead atoms. The molecule has 1 saturated heterocycles. The summed E-state index contributed by atoms with van der Waals surface area (Å²) in [6.07, 6.45) is 2.71. The van der Waals surface area contributed by atoms with Crippen LogP contribution in [0.15, 0.2) is 0 Å². The summed E-state index contributed by atoms with van der Waals surface area (Å²) >= 11 is 0. The van der Waals surface area contributed by atoms with Gasteiger partial charge in [-0.1, -0.05) is 0 Å². The summed E-state index contributed by atoms with van der Waals surface area (Å²) in [6, 6.07) is 0. The van der Waals surface area contributed by atoms with Crippen molar-refractivity contribution in [3.05, 3.63) is 0 Å². The maximum atomic E-state index is 5.11. The van der Waals surface area contributed by atoms with Gasteiger partial charge < -0.3 is 10.1 Å². The fourth-order valence-corrected chi connectivity index (χ4v) is 1.96. The van der Waals surface area contributed by atoms with Crippen LogP contribution in [0.4, 0.5) is 0 Å². The highest BCUT2D eigenvalue weighted by Crippen LogP contribution is 2.49. The lowest BCUT2D eigenvalue weighted by atomic mass is 10.2. The number of rotatable bonds is 2. The fraction of sp³-hybridized carbons (Fsp3) is 1.00. The fourth-order valence-electron chi connectivity index (χ4n) is 1.96. The third kappa shape index (κ3) is 0.700. The molecule has 2 atom stereocenters. The summed E-state index contributed by atoms with van der Waals surface area (Å²) in [6.45, 7) is 2.12. The van der Waals surface area contributed by atoms with Crippen molar-refractivity contribution in [1.29, 1.82) is 0 Å². The minimum atomic E-state index is 0.439. The van der Waals surface area contributed by atoms with Crippen LogP contribution in [0.5, 0.6) is 0 Å². The van der Waals surface area contributed by atoms with Gasteiger partial charge in [-0.05, 0) is 25.3 Å². The van der Waals surface area contributed by atoms with Gasteiger partial charge in [-0.3, -0.25) is 0 Å². The lowest BCUT2D eigenvalue weighted by Gasteiger charge is -2.10. The van der Waals surface area contributed by atoms with E-state index in [-0.39, 0.29) is 0 Å². The van der Waals surface area contributed by atoms with Crippen LogP contribution in [0.25, 0.3) is 0 Å². The number of nitrogens with one attached hydrogen (secondary N) is 1. The second-order valence-corrected chi connectivity index (χ2v) is 3.21. The van der Waals surface area contributed by atoms with Crippen LogP contribution in [0.2, 0.25) is 0 Å². The Hall–Kier alpha value is -0.0800. The van der Waals surface area contributed by atoms with Gasteiger partial charge in [0.05, 0.1) is 6.61 Å². The topological polar surface area (TPSA) is 21.3 Å². The molecule has 2 nitrogen and oxygen atoms in total. The van der Waals surface area contributed by atoms with E-state index < -0.39 is 0 Å². The first-order valence-corrected chi connectivity index (χ1v) is 3.61. The number of fused-ring (bicyclic) bond motifs is 1. The molecular formula is C7H13NO. The van der Waals surface area contributed by atoms with E-state index in [1.54, 1.807) is 7.11 Å². The standard InChI is InChI=1S/C7H13NO/c1-9-5-7-4-6(7)2-3-8-7/h6,8H,2-5H2,1H3. The summed E-state index contributed by atoms with van der Waals surface area (Å²) < 4.78 is 5.11. The average molecular weight is 127 g/mol. The van der Waals surface area contributed by atoms with Gasteiger partial charge in [-0.2, -0.15) is 0 Å². The second kappa shape index (κ2) is 1.70. The predicted molar refractivity (Wildman–Crippen MR) is 35.3 cm³/mol. The Balaban J connectivity index is 1.95. The number of methoxy groups -OCH3 is 1. The third-order valence-electron chi connectivity index (χ3n) is 2.60. The van der Waals surface area contributed by atoms with Gasteiger partial charge in [0, 0.05) is 12.6 Å². The van der Waals surface area contributed by atoms with E-state index in [1.807, 2.05) is 0 Å². The van der Waals surface area contributed by atoms with Gasteiger partial charge in [0.15, 0.2) is 0 Å². The van der Waals surface area contributed by atoms with Gasteiger partial charge in [0.2, 0.25) is 0 Å². The summed E-state index contributed by atoms with van der Waals surface area (Å²) in [5, 5.41) is 3.48. The van der Waals surface area contributed by atoms with Gasteiger partial charge >= 0.3 is 0 Å². The normalized spacial score (nSPS) is 47.0. The highest BCUT2D eigenvalue weighted by atomic mass is 16.5. The lowest BCUT2D eigenvalue weighted by Crippen LogP contribution is -2.32. The molecule has 0 aromatic carbocycles. The van der Waals surface area contributed by atoms with Gasteiger partial charge in [-0.15, -0.1) is 0 Å². The maximum Gasteiger partial charge on any atom is 0.0647 e. The summed E-state index contributed by atoms with van der Waals surface area (Å²) in [4.78, 5) is 0. The van der Waals surface area contributed by atoms with Gasteiger partial charge in [0.1, 0.15) is 0 Å². The summed E-state index contributed by atoms with van der Waals surface area (Å²) in [5.41, 5.74) is 0.439. The highest BCUT2D eigenvalue weighted by Gasteiger charge is 2.56. The van der Waals surface area contributed by atoms with Crippen LogP contribution >= 0.6 is 0 Å². The van der Waals surface area contributed by atoms with Crippen LogP contribution < -0.4 is 5.32 Å². The highest BCUT2D eigenvalue weighted by molar-refractivity contribution is 5.14. The van der Waals surface area contributed by atoms with E-state index in [0.29, 0.717) is 5.54 Å². The smallest absolute Gasteiger partial charge is 0.0647 e. The first-order valence-electron chi connectivity index (χ1n) is 3.61. The van der Waals surface area contributed by atoms with E-state index in [9.17, 15) is 0 Å². The molecular weight excluding hydrogens is 114 g/mol. The van der Waals surface area contributed by atoms with Crippen molar-refractivity contribution in [2.75, 3.05) is 20.3 Å². The molecule has 2 rings (SSSR count). The van der Waals surface area contributed by atoms with E-state index >= 15 is 0 Å². The molecule has 2 aliphatic rings. The monoisotopic (exact) mass is 127 g/mol. The van der Waals surface area contributed by atoms with Crippen LogP contribution in [0.1, 0.15) is 12.8 Å². The average Bonchev–Trinajstić information content (AvgIpc) is 2.37. The predicted octanol–water partition coefficient (Wildman–Crippen LogP) is 0.385. The molecule has 1 heterocycles. The molecule has 1 N–H and O–H groups in total. The van der Waals surface area contributed by atoms with Crippen molar-refractivity contribution < 1.29 is 4.74 Å². The van der Waals surface area contributed by atoms with Crippen LogP contribution in [0.3, 0.4) is 0 Å². The molecule has 52 valence electrons. The zero-order valence-corrected chi connectivity index (χ0v) is 5.81. The Morgan fingerprint density at radius 1 is 1.78 bits per heavy atom. The molecule has 0 amide bonds. The maximum absolute atomic E-state index is 5.11. The molecule has 0 aromatic heterocycles. The van der Waals surface area contributed by atoms with Crippen LogP contribution in [0, 0.1) is 5.92 Å². The zero-order valence-electron chi connectivity index (χ0n) is 5.81. The quantitative estimate of drug-likeness (QED) is 0.579. The first-order chi connectivity index (χ1) is 4.37. The third-order valence-corrected chi connectivity index (χ3v) is 2.60. The summed E-state index contributed by atoms with van der Waals surface area (Å²) in [7, 11) is 1.78. The molecule has 2 heteroatoms. The Kier molecular flexibility index (Phi) is 1.08. The lowest BCUT2D eigenvalue weighted by molar-refractivity contribution is 0.160. The number of hydrogen-bond acceptors (Lipinski definition) is 2. The second-order valence-electron chi connectivity index (χ2n) is 3.21. The molecule has 0 radical (unpaired) electrons. The SMILES string of the molecule is COCC12CC1CCN2. The number of ether oxygens (including phenoxy) is 1. The van der Waals surface area contributed by atoms with E-state index in [2.05, 4.69) is 5.32 Å². The molecule has 9 heavy (non-hydrogen) atoms. The van der Waals surface area contributed by atoms with Crippen molar-refractivity contribution in [1.82, 2.24) is 5.32 Å². The molecule has 2 fully saturated rings. The zero-order chi connectivity index (χ0) is 6.32. The number of piperidine rings is 1. The molecule has 1 aliphatic heterocycles. The van der Waals surface area contributed by atoms with Crippen molar-refractivity contribution in [2.24, 2.45) is 5.92 Å². The Morgan fingerprint density at radius 2 is 2.67 bits per heavy atom. The molecule has 0 aromatic rings. The Labute approximate surface area is 55.6 Å². The molecule has 2 unspecified atom stereocenters. The van der Waals surface area contributed by atoms with Gasteiger partial charge in [0.25, 0.3) is 0 Å². The minimum Gasteiger partial charge on any atom is -0.383 e. The van der Waals surface area contributed by atoms with E-state index in [4.69, 9.17) is 4.74 Å². The van der Waals surface area contributed by atoms with Crippen molar-refractivity contribution in [3.63, 3.8) is 0 Å². The van der Waals surface area contributed by atoms with E-state index in [0.717, 1.165) is 12.5 Å². The van der Waals surface area contributed by atoms with Gasteiger partial charge in [-0.25, -0.2) is 0 Å². The van der Waals surface area contributed by atoms with Crippen LogP contribution in [-0.4, -0.2) is 25.8 Å². The Morgan fingerprint density at radius 3 is 3.11 bits per heavy atom. The van der Waals surface area contributed by atoms with Crippen molar-refractivity contribution in [3.8, 4) is 0 Å². The van der Waals surface area contributed by atoms with Crippen LogP contribution in [-0.2, 0) is 4.74 Å². The molecule has 1 saturated carbocycles. The Bertz CT molecular complexity index is 126. The van der Waals surface area contributed by atoms with Crippen molar-refractivity contribution >= 4 is 0 Å². The molecule has 0 spiro atoms. The minimum absolute atomic E-state index is 0.439. The van der Waals surface area contributed by atoms with E-state index in [1.165, 1.54) is 19.4 Å².